The van der Waals surface area contributed by atoms with Crippen LogP contribution in [0.1, 0.15) is 17.0 Å². The van der Waals surface area contributed by atoms with Gasteiger partial charge in [0.25, 0.3) is 0 Å². The molecule has 0 atom stereocenters. The fourth-order valence-electron chi connectivity index (χ4n) is 4.40. The van der Waals surface area contributed by atoms with E-state index in [-0.39, 0.29) is 0 Å². The maximum atomic E-state index is 5.81. The third-order valence-corrected chi connectivity index (χ3v) is 6.69. The van der Waals surface area contributed by atoms with E-state index in [1.165, 1.54) is 5.56 Å². The number of nitrogens with zero attached hydrogens (tertiary/aromatic N) is 6. The number of rotatable bonds is 3. The standard InChI is InChI=1S/C20H22N4.C9H7ClN2/c1-16-20(22-19-10-6-5-9-18(19)21-16)24-13-11-23(12-14-24)15-17-7-3-2-4-8-17;1-6-9(10)12-8-5-3-2-4-7(8)11-6/h2-10H,11-15H2,1H3;2-5H,1H3. The first-order valence-electron chi connectivity index (χ1n) is 12.2. The Morgan fingerprint density at radius 1 is 0.611 bits per heavy atom. The molecule has 0 radical (unpaired) electrons. The summed E-state index contributed by atoms with van der Waals surface area (Å²) in [4.78, 5) is 22.9. The summed E-state index contributed by atoms with van der Waals surface area (Å²) in [6, 6.07) is 26.5. The number of aromatic nitrogens is 4. The van der Waals surface area contributed by atoms with Crippen molar-refractivity contribution < 1.29 is 0 Å². The minimum atomic E-state index is 0.480. The summed E-state index contributed by atoms with van der Waals surface area (Å²) in [7, 11) is 0. The van der Waals surface area contributed by atoms with E-state index in [2.05, 4.69) is 57.0 Å². The highest BCUT2D eigenvalue weighted by atomic mass is 35.5. The molecule has 1 aliphatic heterocycles. The Balaban J connectivity index is 0.000000186. The lowest BCUT2D eigenvalue weighted by molar-refractivity contribution is 0.249. The van der Waals surface area contributed by atoms with Gasteiger partial charge >= 0.3 is 0 Å². The Hall–Kier alpha value is -3.61. The highest BCUT2D eigenvalue weighted by Gasteiger charge is 2.20. The molecule has 0 amide bonds. The van der Waals surface area contributed by atoms with Crippen LogP contribution in [-0.4, -0.2) is 51.0 Å². The van der Waals surface area contributed by atoms with Crippen molar-refractivity contribution in [3.05, 3.63) is 101 Å². The van der Waals surface area contributed by atoms with Gasteiger partial charge in [0.05, 0.1) is 33.5 Å². The van der Waals surface area contributed by atoms with Crippen LogP contribution in [0.3, 0.4) is 0 Å². The fraction of sp³-hybridized carbons (Fsp3) is 0.241. The van der Waals surface area contributed by atoms with E-state index >= 15 is 0 Å². The zero-order valence-electron chi connectivity index (χ0n) is 20.6. The zero-order chi connectivity index (χ0) is 24.9. The molecular weight excluding hydrogens is 468 g/mol. The van der Waals surface area contributed by atoms with Gasteiger partial charge in [0.15, 0.2) is 11.0 Å². The molecule has 3 heterocycles. The Labute approximate surface area is 216 Å². The van der Waals surface area contributed by atoms with Crippen LogP contribution in [0.5, 0.6) is 0 Å². The van der Waals surface area contributed by atoms with Crippen molar-refractivity contribution in [2.45, 2.75) is 20.4 Å². The summed E-state index contributed by atoms with van der Waals surface area (Å²) < 4.78 is 0. The lowest BCUT2D eigenvalue weighted by Crippen LogP contribution is -2.46. The third kappa shape index (κ3) is 5.61. The molecule has 1 aliphatic rings. The van der Waals surface area contributed by atoms with Gasteiger partial charge in [-0.3, -0.25) is 4.90 Å². The second kappa shape index (κ2) is 11.0. The molecule has 5 aromatic rings. The lowest BCUT2D eigenvalue weighted by atomic mass is 10.2. The van der Waals surface area contributed by atoms with E-state index < -0.39 is 0 Å². The molecule has 1 fully saturated rings. The van der Waals surface area contributed by atoms with Crippen molar-refractivity contribution in [2.75, 3.05) is 31.1 Å². The highest BCUT2D eigenvalue weighted by molar-refractivity contribution is 6.30. The normalized spacial score (nSPS) is 14.0. The molecular formula is C29H29ClN6. The SMILES string of the molecule is Cc1nc2ccccc2nc1Cl.Cc1nc2ccccc2nc1N1CCN(Cc2ccccc2)CC1. The second-order valence-corrected chi connectivity index (χ2v) is 9.32. The van der Waals surface area contributed by atoms with Crippen LogP contribution in [0.2, 0.25) is 5.15 Å². The molecule has 0 unspecified atom stereocenters. The van der Waals surface area contributed by atoms with Crippen LogP contribution in [-0.2, 0) is 6.54 Å². The molecule has 2 aromatic heterocycles. The Morgan fingerprint density at radius 2 is 1.11 bits per heavy atom. The number of benzene rings is 3. The molecule has 0 bridgehead atoms. The van der Waals surface area contributed by atoms with Crippen LogP contribution >= 0.6 is 11.6 Å². The van der Waals surface area contributed by atoms with Gasteiger partial charge in [0.1, 0.15) is 0 Å². The molecule has 1 saturated heterocycles. The molecule has 7 heteroatoms. The van der Waals surface area contributed by atoms with Crippen molar-refractivity contribution in [1.82, 2.24) is 24.8 Å². The number of para-hydroxylation sites is 4. The molecule has 182 valence electrons. The van der Waals surface area contributed by atoms with E-state index in [1.54, 1.807) is 0 Å². The van der Waals surface area contributed by atoms with E-state index in [1.807, 2.05) is 55.5 Å². The van der Waals surface area contributed by atoms with Crippen LogP contribution < -0.4 is 4.90 Å². The molecule has 3 aromatic carbocycles. The van der Waals surface area contributed by atoms with Gasteiger partial charge in [-0.1, -0.05) is 66.2 Å². The number of piperazine rings is 1. The predicted octanol–water partition coefficient (Wildman–Crippen LogP) is 5.85. The summed E-state index contributed by atoms with van der Waals surface area (Å²) in [5, 5.41) is 0.480. The lowest BCUT2D eigenvalue weighted by Gasteiger charge is -2.35. The largest absolute Gasteiger partial charge is 0.353 e. The molecule has 6 rings (SSSR count). The second-order valence-electron chi connectivity index (χ2n) is 8.96. The first kappa shape index (κ1) is 24.1. The van der Waals surface area contributed by atoms with E-state index in [0.29, 0.717) is 5.15 Å². The van der Waals surface area contributed by atoms with Gasteiger partial charge in [-0.25, -0.2) is 19.9 Å². The molecule has 0 spiro atoms. The minimum Gasteiger partial charge on any atom is -0.353 e. The van der Waals surface area contributed by atoms with Crippen LogP contribution in [0.15, 0.2) is 78.9 Å². The monoisotopic (exact) mass is 496 g/mol. The van der Waals surface area contributed by atoms with Crippen LogP contribution in [0, 0.1) is 13.8 Å². The minimum absolute atomic E-state index is 0.480. The van der Waals surface area contributed by atoms with E-state index in [9.17, 15) is 0 Å². The average molecular weight is 497 g/mol. The van der Waals surface area contributed by atoms with Gasteiger partial charge in [-0.15, -0.1) is 0 Å². The predicted molar refractivity (Wildman–Crippen MR) is 147 cm³/mol. The van der Waals surface area contributed by atoms with Gasteiger partial charge in [-0.05, 0) is 43.7 Å². The molecule has 6 nitrogen and oxygen atoms in total. The van der Waals surface area contributed by atoms with Crippen molar-refractivity contribution in [3.63, 3.8) is 0 Å². The quantitative estimate of drug-likeness (QED) is 0.312. The summed E-state index contributed by atoms with van der Waals surface area (Å²) in [5.41, 5.74) is 6.85. The van der Waals surface area contributed by atoms with Crippen LogP contribution in [0.25, 0.3) is 22.1 Å². The third-order valence-electron chi connectivity index (χ3n) is 6.33. The number of aryl methyl sites for hydroxylation is 2. The number of hydrogen-bond donors (Lipinski definition) is 0. The number of hydrogen-bond acceptors (Lipinski definition) is 6. The molecule has 0 saturated carbocycles. The van der Waals surface area contributed by atoms with E-state index in [0.717, 1.165) is 72.0 Å². The van der Waals surface area contributed by atoms with Crippen molar-refractivity contribution in [2.24, 2.45) is 0 Å². The van der Waals surface area contributed by atoms with E-state index in [4.69, 9.17) is 21.6 Å². The first-order chi connectivity index (χ1) is 17.6. The average Bonchev–Trinajstić information content (AvgIpc) is 2.90. The summed E-state index contributed by atoms with van der Waals surface area (Å²) >= 11 is 5.81. The van der Waals surface area contributed by atoms with Crippen LogP contribution in [0.4, 0.5) is 5.82 Å². The molecule has 0 aliphatic carbocycles. The van der Waals surface area contributed by atoms with Crippen molar-refractivity contribution in [1.29, 1.82) is 0 Å². The number of anilines is 1. The smallest absolute Gasteiger partial charge is 0.150 e. The maximum Gasteiger partial charge on any atom is 0.150 e. The fourth-order valence-corrected chi connectivity index (χ4v) is 4.54. The summed E-state index contributed by atoms with van der Waals surface area (Å²) in [6.07, 6.45) is 0. The number of fused-ring (bicyclic) bond motifs is 2. The topological polar surface area (TPSA) is 58.0 Å². The van der Waals surface area contributed by atoms with Crippen molar-refractivity contribution in [3.8, 4) is 0 Å². The van der Waals surface area contributed by atoms with Gasteiger partial charge in [0.2, 0.25) is 0 Å². The van der Waals surface area contributed by atoms with Gasteiger partial charge in [-0.2, -0.15) is 0 Å². The van der Waals surface area contributed by atoms with Gasteiger partial charge < -0.3 is 4.90 Å². The number of halogens is 1. The summed E-state index contributed by atoms with van der Waals surface area (Å²) in [6.45, 7) is 9.05. The van der Waals surface area contributed by atoms with Crippen molar-refractivity contribution >= 4 is 39.5 Å². The maximum absolute atomic E-state index is 5.81. The Bertz CT molecular complexity index is 1420. The van der Waals surface area contributed by atoms with Gasteiger partial charge in [0, 0.05) is 32.7 Å². The molecule has 36 heavy (non-hydrogen) atoms. The first-order valence-corrected chi connectivity index (χ1v) is 12.6. The Kier molecular flexibility index (Phi) is 7.35. The highest BCUT2D eigenvalue weighted by Crippen LogP contribution is 2.21. The summed E-state index contributed by atoms with van der Waals surface area (Å²) in [5.74, 6) is 1.04. The Morgan fingerprint density at radius 3 is 1.72 bits per heavy atom. The molecule has 0 N–H and O–H groups in total. The zero-order valence-corrected chi connectivity index (χ0v) is 21.4.